The number of nitrogens with one attached hydrogen (secondary N) is 1. The summed E-state index contributed by atoms with van der Waals surface area (Å²) in [5.41, 5.74) is 6.10. The summed E-state index contributed by atoms with van der Waals surface area (Å²) in [7, 11) is 0. The van der Waals surface area contributed by atoms with E-state index in [9.17, 15) is 14.9 Å². The van der Waals surface area contributed by atoms with Crippen LogP contribution in [0.4, 0.5) is 5.69 Å². The monoisotopic (exact) mass is 379 g/mol. The van der Waals surface area contributed by atoms with Gasteiger partial charge in [0.25, 0.3) is 5.69 Å². The lowest BCUT2D eigenvalue weighted by Gasteiger charge is -2.27. The van der Waals surface area contributed by atoms with E-state index in [4.69, 9.17) is 4.74 Å². The fraction of sp³-hybridized carbons (Fsp3) is 0.238. The largest absolute Gasteiger partial charge is 0.457 e. The van der Waals surface area contributed by atoms with Gasteiger partial charge < -0.3 is 4.74 Å². The van der Waals surface area contributed by atoms with E-state index in [2.05, 4.69) is 10.5 Å². The lowest BCUT2D eigenvalue weighted by molar-refractivity contribution is -0.384. The highest BCUT2D eigenvalue weighted by molar-refractivity contribution is 6.04. The summed E-state index contributed by atoms with van der Waals surface area (Å²) in [6, 6.07) is 15.7. The number of esters is 1. The maximum Gasteiger partial charge on any atom is 0.337 e. The number of carbonyl (C=O) groups excluding carboxylic acids is 1. The minimum Gasteiger partial charge on any atom is -0.457 e. The van der Waals surface area contributed by atoms with E-state index in [1.54, 1.807) is 19.1 Å². The first-order valence-electron chi connectivity index (χ1n) is 9.00. The molecule has 1 unspecified atom stereocenters. The predicted octanol–water partition coefficient (Wildman–Crippen LogP) is 4.07. The van der Waals surface area contributed by atoms with Crippen LogP contribution in [0.25, 0.3) is 0 Å². The molecule has 2 aromatic rings. The topological polar surface area (TPSA) is 93.8 Å². The van der Waals surface area contributed by atoms with E-state index in [0.29, 0.717) is 23.3 Å². The molecule has 3 rings (SSSR count). The van der Waals surface area contributed by atoms with Crippen LogP contribution in [-0.4, -0.2) is 16.6 Å². The summed E-state index contributed by atoms with van der Waals surface area (Å²) < 4.78 is 5.53. The van der Waals surface area contributed by atoms with Crippen LogP contribution in [0, 0.1) is 10.1 Å². The van der Waals surface area contributed by atoms with Gasteiger partial charge in [0.2, 0.25) is 0 Å². The third kappa shape index (κ3) is 4.09. The van der Waals surface area contributed by atoms with Gasteiger partial charge in [-0.15, -0.1) is 0 Å². The molecular formula is C21H21N3O4. The number of nitro benzene ring substituents is 1. The Kier molecular flexibility index (Phi) is 5.84. The van der Waals surface area contributed by atoms with E-state index in [-0.39, 0.29) is 12.3 Å². The van der Waals surface area contributed by atoms with Gasteiger partial charge in [0, 0.05) is 17.8 Å². The fourth-order valence-corrected chi connectivity index (χ4v) is 3.20. The van der Waals surface area contributed by atoms with Crippen molar-refractivity contribution in [3.8, 4) is 0 Å². The predicted molar refractivity (Wildman–Crippen MR) is 106 cm³/mol. The maximum atomic E-state index is 12.9. The average Bonchev–Trinajstić information content (AvgIpc) is 2.72. The van der Waals surface area contributed by atoms with Gasteiger partial charge in [-0.1, -0.05) is 49.4 Å². The lowest BCUT2D eigenvalue weighted by Crippen LogP contribution is -2.30. The van der Waals surface area contributed by atoms with E-state index >= 15 is 0 Å². The Morgan fingerprint density at radius 1 is 1.21 bits per heavy atom. The molecule has 7 nitrogen and oxygen atoms in total. The minimum absolute atomic E-state index is 0.0267. The van der Waals surface area contributed by atoms with Crippen LogP contribution in [0.2, 0.25) is 0 Å². The lowest BCUT2D eigenvalue weighted by atomic mass is 9.83. The van der Waals surface area contributed by atoms with Crippen molar-refractivity contribution >= 4 is 17.4 Å². The second kappa shape index (κ2) is 8.47. The number of allylic oxidation sites excluding steroid dienone is 1. The van der Waals surface area contributed by atoms with Crippen LogP contribution in [0.1, 0.15) is 37.3 Å². The molecule has 7 heteroatoms. The van der Waals surface area contributed by atoms with Crippen LogP contribution >= 0.6 is 0 Å². The molecule has 0 saturated heterocycles. The number of carbonyl (C=O) groups is 1. The van der Waals surface area contributed by atoms with Gasteiger partial charge in [0.1, 0.15) is 6.61 Å². The molecule has 1 aliphatic heterocycles. The molecule has 0 spiro atoms. The highest BCUT2D eigenvalue weighted by Crippen LogP contribution is 2.34. The van der Waals surface area contributed by atoms with Gasteiger partial charge in [-0.2, -0.15) is 5.10 Å². The molecule has 0 bridgehead atoms. The quantitative estimate of drug-likeness (QED) is 0.464. The number of ether oxygens (including phenoxy) is 1. The standard InChI is InChI=1S/C21H21N3O4/c1-3-18-20(16-10-7-11-17(12-16)24(26)27)19(14(2)22-23-18)21(25)28-13-15-8-5-4-6-9-15/h4-12,20,22H,3,13H2,1-2H3. The van der Waals surface area contributed by atoms with Crippen molar-refractivity contribution in [2.24, 2.45) is 5.10 Å². The SMILES string of the molecule is CCC1=NNC(C)=C(C(=O)OCc2ccccc2)C1c1cccc([N+](=O)[O-])c1. The third-order valence-electron chi connectivity index (χ3n) is 4.60. The number of benzene rings is 2. The molecule has 0 aliphatic carbocycles. The van der Waals surface area contributed by atoms with Crippen molar-refractivity contribution in [3.63, 3.8) is 0 Å². The van der Waals surface area contributed by atoms with Gasteiger partial charge in [-0.3, -0.25) is 15.5 Å². The average molecular weight is 379 g/mol. The molecule has 0 radical (unpaired) electrons. The number of rotatable bonds is 6. The van der Waals surface area contributed by atoms with E-state index in [1.807, 2.05) is 37.3 Å². The number of nitro groups is 1. The molecule has 0 saturated carbocycles. The summed E-state index contributed by atoms with van der Waals surface area (Å²) in [4.78, 5) is 23.7. The van der Waals surface area contributed by atoms with Crippen molar-refractivity contribution in [2.75, 3.05) is 0 Å². The molecule has 1 heterocycles. The van der Waals surface area contributed by atoms with Gasteiger partial charge in [0.05, 0.1) is 22.1 Å². The Bertz CT molecular complexity index is 951. The molecular weight excluding hydrogens is 358 g/mol. The van der Waals surface area contributed by atoms with Crippen molar-refractivity contribution < 1.29 is 14.5 Å². The molecule has 144 valence electrons. The molecule has 1 N–H and O–H groups in total. The first-order valence-corrected chi connectivity index (χ1v) is 9.00. The Morgan fingerprint density at radius 3 is 2.64 bits per heavy atom. The third-order valence-corrected chi connectivity index (χ3v) is 4.60. The molecule has 0 fully saturated rings. The zero-order chi connectivity index (χ0) is 20.1. The smallest absolute Gasteiger partial charge is 0.337 e. The Balaban J connectivity index is 1.93. The normalized spacial score (nSPS) is 16.2. The van der Waals surface area contributed by atoms with Crippen molar-refractivity contribution in [2.45, 2.75) is 32.8 Å². The molecule has 28 heavy (non-hydrogen) atoms. The highest BCUT2D eigenvalue weighted by Gasteiger charge is 2.33. The Labute approximate surface area is 162 Å². The van der Waals surface area contributed by atoms with Crippen molar-refractivity contribution in [3.05, 3.63) is 87.1 Å². The van der Waals surface area contributed by atoms with E-state index in [1.165, 1.54) is 12.1 Å². The molecule has 2 aromatic carbocycles. The minimum atomic E-state index is -0.491. The maximum absolute atomic E-state index is 12.9. The molecule has 1 aliphatic rings. The number of hydrogen-bond acceptors (Lipinski definition) is 6. The number of hydrazone groups is 1. The van der Waals surface area contributed by atoms with Crippen LogP contribution < -0.4 is 5.43 Å². The van der Waals surface area contributed by atoms with Gasteiger partial charge in [-0.25, -0.2) is 4.79 Å². The van der Waals surface area contributed by atoms with Crippen LogP contribution in [0.15, 0.2) is 71.0 Å². The van der Waals surface area contributed by atoms with Gasteiger partial charge in [-0.05, 0) is 24.5 Å². The summed E-state index contributed by atoms with van der Waals surface area (Å²) in [5, 5.41) is 15.5. The molecule has 0 aromatic heterocycles. The first-order chi connectivity index (χ1) is 13.5. The van der Waals surface area contributed by atoms with Gasteiger partial charge in [0.15, 0.2) is 0 Å². The first kappa shape index (κ1) is 19.3. The molecule has 1 atom stereocenters. The van der Waals surface area contributed by atoms with E-state index in [0.717, 1.165) is 11.3 Å². The molecule has 0 amide bonds. The van der Waals surface area contributed by atoms with Crippen molar-refractivity contribution in [1.29, 1.82) is 0 Å². The van der Waals surface area contributed by atoms with Crippen molar-refractivity contribution in [1.82, 2.24) is 5.43 Å². The second-order valence-electron chi connectivity index (χ2n) is 6.45. The van der Waals surface area contributed by atoms with E-state index < -0.39 is 16.8 Å². The fourth-order valence-electron chi connectivity index (χ4n) is 3.20. The summed E-state index contributed by atoms with van der Waals surface area (Å²) in [6.45, 7) is 3.83. The van der Waals surface area contributed by atoms with Crippen LogP contribution in [0.5, 0.6) is 0 Å². The highest BCUT2D eigenvalue weighted by atomic mass is 16.6. The number of nitrogens with zero attached hydrogens (tertiary/aromatic N) is 2. The Hall–Kier alpha value is -3.48. The number of non-ortho nitro benzene ring substituents is 1. The second-order valence-corrected chi connectivity index (χ2v) is 6.45. The number of hydrogen-bond donors (Lipinski definition) is 1. The summed E-state index contributed by atoms with van der Waals surface area (Å²) in [5.74, 6) is -0.958. The van der Waals surface area contributed by atoms with Gasteiger partial charge >= 0.3 is 5.97 Å². The van der Waals surface area contributed by atoms with Crippen LogP contribution in [0.3, 0.4) is 0 Å². The zero-order valence-corrected chi connectivity index (χ0v) is 15.7. The summed E-state index contributed by atoms with van der Waals surface area (Å²) in [6.07, 6.45) is 0.586. The Morgan fingerprint density at radius 2 is 1.96 bits per heavy atom. The summed E-state index contributed by atoms with van der Waals surface area (Å²) >= 11 is 0. The zero-order valence-electron chi connectivity index (χ0n) is 15.7. The van der Waals surface area contributed by atoms with Crippen LogP contribution in [-0.2, 0) is 16.1 Å².